The lowest BCUT2D eigenvalue weighted by Gasteiger charge is -2.24. The first kappa shape index (κ1) is 11.2. The minimum atomic E-state index is 0.211. The Balaban J connectivity index is 2.58. The molecule has 1 rings (SSSR count). The van der Waals surface area contributed by atoms with Gasteiger partial charge in [-0.1, -0.05) is 6.92 Å². The third-order valence-corrected chi connectivity index (χ3v) is 2.76. The minimum Gasteiger partial charge on any atom is -0.308 e. The van der Waals surface area contributed by atoms with Crippen molar-refractivity contribution in [1.29, 1.82) is 0 Å². The van der Waals surface area contributed by atoms with Gasteiger partial charge in [0.2, 0.25) is 0 Å². The second kappa shape index (κ2) is 4.13. The van der Waals surface area contributed by atoms with Crippen molar-refractivity contribution >= 4 is 0 Å². The summed E-state index contributed by atoms with van der Waals surface area (Å²) < 4.78 is 1.87. The second-order valence-electron chi connectivity index (χ2n) is 4.50. The summed E-state index contributed by atoms with van der Waals surface area (Å²) in [5.74, 6) is 0. The van der Waals surface area contributed by atoms with E-state index in [0.717, 1.165) is 18.7 Å². The van der Waals surface area contributed by atoms with E-state index in [4.69, 9.17) is 0 Å². The average Bonchev–Trinajstić information content (AvgIpc) is 2.42. The first-order chi connectivity index (χ1) is 6.44. The Morgan fingerprint density at radius 3 is 2.57 bits per heavy atom. The molecule has 0 aliphatic rings. The number of nitrogens with one attached hydrogen (secondary N) is 1. The van der Waals surface area contributed by atoms with Crippen LogP contribution in [0.2, 0.25) is 0 Å². The predicted molar refractivity (Wildman–Crippen MR) is 59.2 cm³/mol. The van der Waals surface area contributed by atoms with Gasteiger partial charge in [0.15, 0.2) is 0 Å². The molecule has 1 aromatic heterocycles. The lowest BCUT2D eigenvalue weighted by Crippen LogP contribution is -2.37. The monoisotopic (exact) mass is 195 g/mol. The molecule has 1 N–H and O–H groups in total. The molecule has 3 nitrogen and oxygen atoms in total. The standard InChI is InChI=1S/C11H21N3/c1-6-11(3,4)12-7-10-8-14(5)13-9(10)2/h8,12H,6-7H2,1-5H3. The van der Waals surface area contributed by atoms with Crippen LogP contribution in [0.4, 0.5) is 0 Å². The van der Waals surface area contributed by atoms with Crippen molar-refractivity contribution in [3.63, 3.8) is 0 Å². The van der Waals surface area contributed by atoms with Gasteiger partial charge in [0, 0.05) is 30.9 Å². The average molecular weight is 195 g/mol. The largest absolute Gasteiger partial charge is 0.308 e. The fourth-order valence-corrected chi connectivity index (χ4v) is 1.28. The third-order valence-electron chi connectivity index (χ3n) is 2.76. The van der Waals surface area contributed by atoms with E-state index in [1.54, 1.807) is 0 Å². The van der Waals surface area contributed by atoms with E-state index < -0.39 is 0 Å². The van der Waals surface area contributed by atoms with Crippen LogP contribution in [0, 0.1) is 6.92 Å². The van der Waals surface area contributed by atoms with Gasteiger partial charge in [-0.2, -0.15) is 5.10 Å². The van der Waals surface area contributed by atoms with Gasteiger partial charge in [-0.25, -0.2) is 0 Å². The zero-order chi connectivity index (χ0) is 10.8. The molecule has 0 saturated heterocycles. The van der Waals surface area contributed by atoms with Crippen molar-refractivity contribution in [2.75, 3.05) is 0 Å². The molecule has 0 amide bonds. The first-order valence-electron chi connectivity index (χ1n) is 5.19. The van der Waals surface area contributed by atoms with Crippen LogP contribution >= 0.6 is 0 Å². The molecule has 0 fully saturated rings. The normalized spacial score (nSPS) is 12.1. The lowest BCUT2D eigenvalue weighted by molar-refractivity contribution is 0.374. The predicted octanol–water partition coefficient (Wildman–Crippen LogP) is 2.01. The zero-order valence-electron chi connectivity index (χ0n) is 9.89. The second-order valence-corrected chi connectivity index (χ2v) is 4.50. The lowest BCUT2D eigenvalue weighted by atomic mass is 10.0. The van der Waals surface area contributed by atoms with Crippen molar-refractivity contribution in [2.45, 2.75) is 46.2 Å². The fourth-order valence-electron chi connectivity index (χ4n) is 1.28. The summed E-state index contributed by atoms with van der Waals surface area (Å²) >= 11 is 0. The van der Waals surface area contributed by atoms with Gasteiger partial charge in [-0.15, -0.1) is 0 Å². The van der Waals surface area contributed by atoms with E-state index in [1.807, 2.05) is 11.7 Å². The van der Waals surface area contributed by atoms with Crippen LogP contribution in [0.5, 0.6) is 0 Å². The maximum atomic E-state index is 4.31. The van der Waals surface area contributed by atoms with Crippen LogP contribution in [0.3, 0.4) is 0 Å². The molecular weight excluding hydrogens is 174 g/mol. The maximum absolute atomic E-state index is 4.31. The molecule has 0 aliphatic carbocycles. The van der Waals surface area contributed by atoms with Crippen LogP contribution < -0.4 is 5.32 Å². The Labute approximate surface area is 86.5 Å². The Bertz CT molecular complexity index is 299. The van der Waals surface area contributed by atoms with Gasteiger partial charge in [0.05, 0.1) is 5.69 Å². The highest BCUT2D eigenvalue weighted by Crippen LogP contribution is 2.10. The summed E-state index contributed by atoms with van der Waals surface area (Å²) in [6.07, 6.45) is 3.21. The molecular formula is C11H21N3. The highest BCUT2D eigenvalue weighted by Gasteiger charge is 2.14. The molecule has 80 valence electrons. The molecule has 0 aromatic carbocycles. The molecule has 0 saturated carbocycles. The molecule has 0 unspecified atom stereocenters. The van der Waals surface area contributed by atoms with E-state index in [-0.39, 0.29) is 5.54 Å². The van der Waals surface area contributed by atoms with E-state index in [2.05, 4.69) is 44.3 Å². The first-order valence-corrected chi connectivity index (χ1v) is 5.19. The molecule has 0 bridgehead atoms. The Morgan fingerprint density at radius 2 is 2.14 bits per heavy atom. The maximum Gasteiger partial charge on any atom is 0.0638 e. The smallest absolute Gasteiger partial charge is 0.0638 e. The van der Waals surface area contributed by atoms with E-state index in [0.29, 0.717) is 0 Å². The summed E-state index contributed by atoms with van der Waals surface area (Å²) in [6.45, 7) is 9.59. The molecule has 1 heterocycles. The van der Waals surface area contributed by atoms with Crippen molar-refractivity contribution < 1.29 is 0 Å². The van der Waals surface area contributed by atoms with Crippen LogP contribution in [0.15, 0.2) is 6.20 Å². The van der Waals surface area contributed by atoms with Gasteiger partial charge in [0.25, 0.3) is 0 Å². The highest BCUT2D eigenvalue weighted by atomic mass is 15.3. The van der Waals surface area contributed by atoms with Crippen LogP contribution in [-0.4, -0.2) is 15.3 Å². The number of aryl methyl sites for hydroxylation is 2. The molecule has 0 aliphatic heterocycles. The van der Waals surface area contributed by atoms with Crippen molar-refractivity contribution in [1.82, 2.24) is 15.1 Å². The summed E-state index contributed by atoms with van der Waals surface area (Å²) in [5.41, 5.74) is 2.61. The molecule has 0 spiro atoms. The zero-order valence-corrected chi connectivity index (χ0v) is 9.89. The summed E-state index contributed by atoms with van der Waals surface area (Å²) in [4.78, 5) is 0. The van der Waals surface area contributed by atoms with Crippen molar-refractivity contribution in [3.05, 3.63) is 17.5 Å². The van der Waals surface area contributed by atoms with Gasteiger partial charge in [-0.05, 0) is 27.2 Å². The Morgan fingerprint density at radius 1 is 1.50 bits per heavy atom. The summed E-state index contributed by atoms with van der Waals surface area (Å²) in [7, 11) is 1.96. The van der Waals surface area contributed by atoms with Crippen LogP contribution in [-0.2, 0) is 13.6 Å². The van der Waals surface area contributed by atoms with Gasteiger partial charge < -0.3 is 5.32 Å². The number of hydrogen-bond acceptors (Lipinski definition) is 2. The minimum absolute atomic E-state index is 0.211. The SMILES string of the molecule is CCC(C)(C)NCc1cn(C)nc1C. The Kier molecular flexibility index (Phi) is 3.32. The molecule has 1 aromatic rings. The van der Waals surface area contributed by atoms with Crippen molar-refractivity contribution in [3.8, 4) is 0 Å². The van der Waals surface area contributed by atoms with Crippen molar-refractivity contribution in [2.24, 2.45) is 7.05 Å². The number of aromatic nitrogens is 2. The van der Waals surface area contributed by atoms with Gasteiger partial charge >= 0.3 is 0 Å². The quantitative estimate of drug-likeness (QED) is 0.796. The molecule has 3 heteroatoms. The summed E-state index contributed by atoms with van der Waals surface area (Å²) in [5, 5.41) is 7.84. The van der Waals surface area contributed by atoms with Gasteiger partial charge in [0.1, 0.15) is 0 Å². The molecule has 0 atom stereocenters. The van der Waals surface area contributed by atoms with Crippen LogP contribution in [0.1, 0.15) is 38.4 Å². The van der Waals surface area contributed by atoms with Crippen LogP contribution in [0.25, 0.3) is 0 Å². The fraction of sp³-hybridized carbons (Fsp3) is 0.727. The van der Waals surface area contributed by atoms with Gasteiger partial charge in [-0.3, -0.25) is 4.68 Å². The van der Waals surface area contributed by atoms with E-state index >= 15 is 0 Å². The Hall–Kier alpha value is -0.830. The molecule has 0 radical (unpaired) electrons. The molecule has 14 heavy (non-hydrogen) atoms. The summed E-state index contributed by atoms with van der Waals surface area (Å²) in [6, 6.07) is 0. The topological polar surface area (TPSA) is 29.9 Å². The third kappa shape index (κ3) is 2.84. The van der Waals surface area contributed by atoms with E-state index in [1.165, 1.54) is 5.56 Å². The number of hydrogen-bond donors (Lipinski definition) is 1. The number of nitrogens with zero attached hydrogens (tertiary/aromatic N) is 2. The number of rotatable bonds is 4. The van der Waals surface area contributed by atoms with E-state index in [9.17, 15) is 0 Å². The highest BCUT2D eigenvalue weighted by molar-refractivity contribution is 5.15.